The van der Waals surface area contributed by atoms with Crippen LogP contribution in [0.5, 0.6) is 0 Å². The van der Waals surface area contributed by atoms with Crippen molar-refractivity contribution in [3.05, 3.63) is 129 Å². The number of hydrogen-bond donors (Lipinski definition) is 1. The third-order valence-corrected chi connectivity index (χ3v) is 9.61. The van der Waals surface area contributed by atoms with Gasteiger partial charge in [-0.1, -0.05) is 102 Å². The van der Waals surface area contributed by atoms with Crippen molar-refractivity contribution in [3.63, 3.8) is 0 Å². The monoisotopic (exact) mass is 671 g/mol. The number of carbonyl (C=O) groups excluding carboxylic acids is 2. The summed E-state index contributed by atoms with van der Waals surface area (Å²) in [6.45, 7) is 3.03. The van der Waals surface area contributed by atoms with Crippen molar-refractivity contribution < 1.29 is 18.0 Å². The Labute approximate surface area is 273 Å². The van der Waals surface area contributed by atoms with Gasteiger partial charge in [-0.15, -0.1) is 0 Å². The average molecular weight is 673 g/mol. The summed E-state index contributed by atoms with van der Waals surface area (Å²) in [6, 6.07) is 27.4. The summed E-state index contributed by atoms with van der Waals surface area (Å²) in [4.78, 5) is 29.5. The van der Waals surface area contributed by atoms with E-state index < -0.39 is 28.5 Å². The molecule has 11 heteroatoms. The molecule has 4 aromatic rings. The van der Waals surface area contributed by atoms with Crippen LogP contribution in [-0.2, 0) is 32.6 Å². The Morgan fingerprint density at radius 2 is 1.39 bits per heavy atom. The van der Waals surface area contributed by atoms with E-state index in [-0.39, 0.29) is 45.5 Å². The number of benzene rings is 4. The number of amides is 2. The summed E-state index contributed by atoms with van der Waals surface area (Å²) < 4.78 is 29.0. The molecular formula is C33H32Cl3N3O4S. The van der Waals surface area contributed by atoms with Gasteiger partial charge in [0.25, 0.3) is 10.0 Å². The first-order valence-corrected chi connectivity index (χ1v) is 16.4. The zero-order valence-corrected chi connectivity index (χ0v) is 27.2. The van der Waals surface area contributed by atoms with Crippen molar-refractivity contribution in [1.82, 2.24) is 10.2 Å². The maximum absolute atomic E-state index is 14.4. The number of hydrogen-bond acceptors (Lipinski definition) is 4. The molecule has 2 amide bonds. The minimum Gasteiger partial charge on any atom is -0.352 e. The third-order valence-electron chi connectivity index (χ3n) is 6.78. The minimum atomic E-state index is -4.30. The van der Waals surface area contributed by atoms with Crippen molar-refractivity contribution in [2.75, 3.05) is 10.8 Å². The molecule has 0 saturated carbocycles. The smallest absolute Gasteiger partial charge is 0.264 e. The molecule has 0 saturated heterocycles. The van der Waals surface area contributed by atoms with E-state index in [1.807, 2.05) is 44.2 Å². The number of rotatable bonds is 12. The molecule has 230 valence electrons. The minimum absolute atomic E-state index is 0.0154. The van der Waals surface area contributed by atoms with Crippen LogP contribution in [0.15, 0.2) is 108 Å². The van der Waals surface area contributed by atoms with Crippen molar-refractivity contribution in [1.29, 1.82) is 0 Å². The Kier molecular flexibility index (Phi) is 11.3. The van der Waals surface area contributed by atoms with Crippen molar-refractivity contribution >= 4 is 62.3 Å². The highest BCUT2D eigenvalue weighted by atomic mass is 35.5. The highest BCUT2D eigenvalue weighted by molar-refractivity contribution is 7.92. The van der Waals surface area contributed by atoms with E-state index in [0.29, 0.717) is 10.6 Å². The molecular weight excluding hydrogens is 641 g/mol. The number of nitrogens with zero attached hydrogens (tertiary/aromatic N) is 2. The molecule has 1 N–H and O–H groups in total. The number of halogens is 3. The van der Waals surface area contributed by atoms with Gasteiger partial charge in [0.1, 0.15) is 12.6 Å². The van der Waals surface area contributed by atoms with Gasteiger partial charge in [0.05, 0.1) is 20.6 Å². The van der Waals surface area contributed by atoms with Gasteiger partial charge in [-0.2, -0.15) is 0 Å². The Morgan fingerprint density at radius 1 is 0.773 bits per heavy atom. The molecule has 4 rings (SSSR count). The van der Waals surface area contributed by atoms with Crippen molar-refractivity contribution in [3.8, 4) is 0 Å². The van der Waals surface area contributed by atoms with Crippen molar-refractivity contribution in [2.24, 2.45) is 0 Å². The first kappa shape index (κ1) is 33.3. The number of carbonyl (C=O) groups is 2. The molecule has 0 heterocycles. The summed E-state index contributed by atoms with van der Waals surface area (Å²) in [5, 5.41) is 3.54. The maximum atomic E-state index is 14.4. The Bertz CT molecular complexity index is 1690. The fourth-order valence-electron chi connectivity index (χ4n) is 4.64. The predicted molar refractivity (Wildman–Crippen MR) is 177 cm³/mol. The maximum Gasteiger partial charge on any atom is 0.264 e. The fraction of sp³-hybridized carbons (Fsp3) is 0.212. The van der Waals surface area contributed by atoms with E-state index >= 15 is 0 Å². The largest absolute Gasteiger partial charge is 0.352 e. The van der Waals surface area contributed by atoms with E-state index in [0.717, 1.165) is 9.87 Å². The SMILES string of the molecule is CC(C)NC(=O)[C@H](Cc1ccccc1)N(Cc1ccc(Cl)cc1)C(=O)CN(c1cccc(Cl)c1Cl)S(=O)(=O)c1ccccc1. The Hall–Kier alpha value is -3.56. The van der Waals surface area contributed by atoms with Crippen LogP contribution in [0.3, 0.4) is 0 Å². The lowest BCUT2D eigenvalue weighted by Crippen LogP contribution is -2.54. The van der Waals surface area contributed by atoms with Crippen LogP contribution in [0, 0.1) is 0 Å². The van der Waals surface area contributed by atoms with Crippen LogP contribution in [0.25, 0.3) is 0 Å². The average Bonchev–Trinajstić information content (AvgIpc) is 3.00. The molecule has 7 nitrogen and oxygen atoms in total. The first-order chi connectivity index (χ1) is 21.0. The number of sulfonamides is 1. The van der Waals surface area contributed by atoms with Crippen LogP contribution < -0.4 is 9.62 Å². The van der Waals surface area contributed by atoms with Gasteiger partial charge in [-0.3, -0.25) is 13.9 Å². The molecule has 4 aromatic carbocycles. The standard InChI is InChI=1S/C33H32Cl3N3O4S/c1-23(2)37-33(41)30(20-24-10-5-3-6-11-24)38(21-25-16-18-26(34)19-17-25)31(40)22-39(29-15-9-14-28(35)32(29)36)44(42,43)27-12-7-4-8-13-27/h3-19,23,30H,20-22H2,1-2H3,(H,37,41)/t30-/m0/s1. The predicted octanol–water partition coefficient (Wildman–Crippen LogP) is 7.01. The van der Waals surface area contributed by atoms with Gasteiger partial charge in [0, 0.05) is 24.0 Å². The zero-order chi connectivity index (χ0) is 31.9. The number of anilines is 1. The lowest BCUT2D eigenvalue weighted by molar-refractivity contribution is -0.140. The molecule has 0 fully saturated rings. The summed E-state index contributed by atoms with van der Waals surface area (Å²) in [6.07, 6.45) is 0.197. The topological polar surface area (TPSA) is 86.8 Å². The van der Waals surface area contributed by atoms with E-state index in [2.05, 4.69) is 5.32 Å². The molecule has 1 atom stereocenters. The lowest BCUT2D eigenvalue weighted by Gasteiger charge is -2.34. The molecule has 0 aliphatic carbocycles. The molecule has 0 spiro atoms. The number of nitrogens with one attached hydrogen (secondary N) is 1. The summed E-state index contributed by atoms with van der Waals surface area (Å²) in [5.41, 5.74) is 1.57. The second-order valence-corrected chi connectivity index (χ2v) is 13.5. The lowest BCUT2D eigenvalue weighted by atomic mass is 10.0. The first-order valence-electron chi connectivity index (χ1n) is 13.9. The molecule has 0 radical (unpaired) electrons. The van der Waals surface area contributed by atoms with Gasteiger partial charge in [0.15, 0.2) is 0 Å². The fourth-order valence-corrected chi connectivity index (χ4v) is 6.66. The van der Waals surface area contributed by atoms with Crippen LogP contribution in [-0.4, -0.2) is 43.8 Å². The Morgan fingerprint density at radius 3 is 2.00 bits per heavy atom. The van der Waals surface area contributed by atoms with Crippen LogP contribution in [0.1, 0.15) is 25.0 Å². The van der Waals surface area contributed by atoms with E-state index in [1.54, 1.807) is 48.5 Å². The van der Waals surface area contributed by atoms with Gasteiger partial charge >= 0.3 is 0 Å². The summed E-state index contributed by atoms with van der Waals surface area (Å²) in [7, 11) is -4.30. The Balaban J connectivity index is 1.82. The molecule has 0 aliphatic heterocycles. The second-order valence-electron chi connectivity index (χ2n) is 10.4. The summed E-state index contributed by atoms with van der Waals surface area (Å²) in [5.74, 6) is -0.986. The molecule has 44 heavy (non-hydrogen) atoms. The van der Waals surface area contributed by atoms with Gasteiger partial charge in [-0.25, -0.2) is 8.42 Å². The molecule has 0 aromatic heterocycles. The molecule has 0 unspecified atom stereocenters. The highest BCUT2D eigenvalue weighted by Gasteiger charge is 2.35. The van der Waals surface area contributed by atoms with Gasteiger partial charge in [0.2, 0.25) is 11.8 Å². The van der Waals surface area contributed by atoms with Crippen LogP contribution >= 0.6 is 34.8 Å². The molecule has 0 aliphatic rings. The zero-order valence-electron chi connectivity index (χ0n) is 24.2. The normalized spacial score (nSPS) is 12.0. The van der Waals surface area contributed by atoms with Crippen LogP contribution in [0.4, 0.5) is 5.69 Å². The van der Waals surface area contributed by atoms with Crippen molar-refractivity contribution in [2.45, 2.75) is 43.8 Å². The van der Waals surface area contributed by atoms with E-state index in [1.165, 1.54) is 29.2 Å². The van der Waals surface area contributed by atoms with E-state index in [9.17, 15) is 18.0 Å². The summed E-state index contributed by atoms with van der Waals surface area (Å²) >= 11 is 18.9. The quantitative estimate of drug-likeness (QED) is 0.176. The molecule has 0 bridgehead atoms. The van der Waals surface area contributed by atoms with Crippen LogP contribution in [0.2, 0.25) is 15.1 Å². The highest BCUT2D eigenvalue weighted by Crippen LogP contribution is 2.35. The van der Waals surface area contributed by atoms with E-state index in [4.69, 9.17) is 34.8 Å². The third kappa shape index (κ3) is 8.33. The van der Waals surface area contributed by atoms with Gasteiger partial charge < -0.3 is 10.2 Å². The van der Waals surface area contributed by atoms with Gasteiger partial charge in [-0.05, 0) is 61.4 Å². The second kappa shape index (κ2) is 14.9.